The third-order valence-electron chi connectivity index (χ3n) is 7.85. The molecule has 6 unspecified atom stereocenters. The Morgan fingerprint density at radius 1 is 0.931 bits per heavy atom. The fraction of sp³-hybridized carbons (Fsp3) is 0.652. The van der Waals surface area contributed by atoms with E-state index in [1.807, 2.05) is 40.1 Å². The highest BCUT2D eigenvalue weighted by Gasteiger charge is 2.51. The van der Waals surface area contributed by atoms with E-state index in [-0.39, 0.29) is 42.3 Å². The lowest BCUT2D eigenvalue weighted by molar-refractivity contribution is -0.135. The van der Waals surface area contributed by atoms with E-state index in [1.165, 1.54) is 6.42 Å². The first-order valence-electron chi connectivity index (χ1n) is 11.1. The molecule has 4 aliphatic rings. The number of likely N-dealkylation sites (tertiary alicyclic amines) is 2. The summed E-state index contributed by atoms with van der Waals surface area (Å²) in [7, 11) is 0. The number of fused-ring (bicyclic) bond motifs is 2. The van der Waals surface area contributed by atoms with Gasteiger partial charge in [-0.05, 0) is 62.0 Å². The van der Waals surface area contributed by atoms with Crippen LogP contribution in [0.4, 0.5) is 0 Å². The van der Waals surface area contributed by atoms with Crippen LogP contribution in [0, 0.1) is 17.8 Å². The Morgan fingerprint density at radius 2 is 1.69 bits per heavy atom. The van der Waals surface area contributed by atoms with E-state index < -0.39 is 0 Å². The maximum Gasteiger partial charge on any atom is 0.254 e. The number of rotatable bonds is 2. The van der Waals surface area contributed by atoms with Gasteiger partial charge in [0.15, 0.2) is 0 Å². The molecule has 0 spiro atoms. The highest BCUT2D eigenvalue weighted by Crippen LogP contribution is 2.43. The molecule has 2 saturated carbocycles. The number of amides is 2. The van der Waals surface area contributed by atoms with Gasteiger partial charge in [0.1, 0.15) is 6.04 Å². The van der Waals surface area contributed by atoms with Gasteiger partial charge in [-0.2, -0.15) is 0 Å². The van der Waals surface area contributed by atoms with Crippen LogP contribution in [0.3, 0.4) is 0 Å². The lowest BCUT2D eigenvalue weighted by Crippen LogP contribution is -2.50. The zero-order valence-corrected chi connectivity index (χ0v) is 17.7. The minimum Gasteiger partial charge on any atom is -0.340 e. The number of nitrogens with two attached hydrogens (primary N) is 1. The first-order valence-corrected chi connectivity index (χ1v) is 11.1. The van der Waals surface area contributed by atoms with Crippen molar-refractivity contribution < 1.29 is 9.59 Å². The van der Waals surface area contributed by atoms with E-state index in [2.05, 4.69) is 0 Å². The van der Waals surface area contributed by atoms with Crippen LogP contribution in [-0.2, 0) is 4.79 Å². The molecule has 2 heterocycles. The van der Waals surface area contributed by atoms with Crippen LogP contribution < -0.4 is 5.73 Å². The lowest BCUT2D eigenvalue weighted by atomic mass is 9.84. The van der Waals surface area contributed by atoms with Gasteiger partial charge in [0, 0.05) is 30.7 Å². The van der Waals surface area contributed by atoms with Crippen LogP contribution in [0.1, 0.15) is 55.3 Å². The fourth-order valence-electron chi connectivity index (χ4n) is 6.40. The fourth-order valence-corrected chi connectivity index (χ4v) is 6.40. The Balaban J connectivity index is 0.00000205. The van der Waals surface area contributed by atoms with E-state index >= 15 is 0 Å². The average molecular weight is 418 g/mol. The second-order valence-electron chi connectivity index (χ2n) is 9.35. The van der Waals surface area contributed by atoms with Crippen molar-refractivity contribution in [3.05, 3.63) is 35.9 Å². The summed E-state index contributed by atoms with van der Waals surface area (Å²) in [5.41, 5.74) is 6.98. The molecular weight excluding hydrogens is 386 g/mol. The van der Waals surface area contributed by atoms with Crippen molar-refractivity contribution in [3.8, 4) is 0 Å². The van der Waals surface area contributed by atoms with Crippen LogP contribution >= 0.6 is 12.4 Å². The molecule has 1 aromatic rings. The Kier molecular flexibility index (Phi) is 5.90. The molecule has 5 rings (SSSR count). The van der Waals surface area contributed by atoms with Gasteiger partial charge in [0.25, 0.3) is 5.91 Å². The quantitative estimate of drug-likeness (QED) is 0.804. The zero-order chi connectivity index (χ0) is 19.3. The highest BCUT2D eigenvalue weighted by molar-refractivity contribution is 5.98. The minimum absolute atomic E-state index is 0. The molecule has 29 heavy (non-hydrogen) atoms. The Labute approximate surface area is 179 Å². The minimum atomic E-state index is -0.296. The third-order valence-corrected chi connectivity index (χ3v) is 7.85. The van der Waals surface area contributed by atoms with E-state index in [1.54, 1.807) is 0 Å². The SMILES string of the molecule is Cl.NC1CCC2CN(C(=O)C3CC4CCCCC4N3C(=O)c3ccccc3)CC12. The van der Waals surface area contributed by atoms with Gasteiger partial charge in [-0.3, -0.25) is 9.59 Å². The maximum absolute atomic E-state index is 13.6. The molecule has 2 N–H and O–H groups in total. The first-order chi connectivity index (χ1) is 13.6. The topological polar surface area (TPSA) is 66.6 Å². The molecule has 0 radical (unpaired) electrons. The monoisotopic (exact) mass is 417 g/mol. The molecule has 2 amide bonds. The van der Waals surface area contributed by atoms with Crippen molar-refractivity contribution >= 4 is 24.2 Å². The summed E-state index contributed by atoms with van der Waals surface area (Å²) in [6, 6.07) is 9.65. The average Bonchev–Trinajstić information content (AvgIpc) is 3.41. The number of halogens is 1. The second kappa shape index (κ2) is 8.27. The summed E-state index contributed by atoms with van der Waals surface area (Å²) in [4.78, 5) is 31.0. The number of nitrogens with zero attached hydrogens (tertiary/aromatic N) is 2. The molecule has 4 fully saturated rings. The van der Waals surface area contributed by atoms with Crippen molar-refractivity contribution in [2.24, 2.45) is 23.5 Å². The number of carbonyl (C=O) groups excluding carboxylic acids is 2. The van der Waals surface area contributed by atoms with Gasteiger partial charge in [-0.15, -0.1) is 12.4 Å². The molecule has 1 aromatic carbocycles. The molecule has 6 heteroatoms. The largest absolute Gasteiger partial charge is 0.340 e. The third kappa shape index (κ3) is 3.57. The molecular formula is C23H32ClN3O2. The van der Waals surface area contributed by atoms with Crippen LogP contribution in [0.5, 0.6) is 0 Å². The van der Waals surface area contributed by atoms with Gasteiger partial charge in [-0.1, -0.05) is 31.0 Å². The summed E-state index contributed by atoms with van der Waals surface area (Å²) < 4.78 is 0. The molecule has 5 nitrogen and oxygen atoms in total. The van der Waals surface area contributed by atoms with Crippen LogP contribution in [0.15, 0.2) is 30.3 Å². The van der Waals surface area contributed by atoms with Crippen LogP contribution in [0.2, 0.25) is 0 Å². The predicted octanol–water partition coefficient (Wildman–Crippen LogP) is 3.08. The van der Waals surface area contributed by atoms with Crippen molar-refractivity contribution in [2.45, 2.75) is 63.1 Å². The normalized spacial score (nSPS) is 35.8. The molecule has 158 valence electrons. The van der Waals surface area contributed by atoms with Crippen molar-refractivity contribution in [2.75, 3.05) is 13.1 Å². The number of hydrogen-bond acceptors (Lipinski definition) is 3. The van der Waals surface area contributed by atoms with Gasteiger partial charge in [0.05, 0.1) is 0 Å². The molecule has 2 aliphatic carbocycles. The van der Waals surface area contributed by atoms with Gasteiger partial charge < -0.3 is 15.5 Å². The van der Waals surface area contributed by atoms with E-state index in [9.17, 15) is 9.59 Å². The van der Waals surface area contributed by atoms with Crippen molar-refractivity contribution in [3.63, 3.8) is 0 Å². The summed E-state index contributed by atoms with van der Waals surface area (Å²) >= 11 is 0. The Morgan fingerprint density at radius 3 is 2.45 bits per heavy atom. The predicted molar refractivity (Wildman–Crippen MR) is 115 cm³/mol. The number of hydrogen-bond donors (Lipinski definition) is 1. The standard InChI is InChI=1S/C23H31N3O2.ClH/c24-19-11-10-17-13-25(14-18(17)19)23(28)21-12-16-8-4-5-9-20(16)26(21)22(27)15-6-2-1-3-7-15;/h1-3,6-7,16-21H,4-5,8-14,24H2;1H. The maximum atomic E-state index is 13.6. The summed E-state index contributed by atoms with van der Waals surface area (Å²) in [5, 5.41) is 0. The zero-order valence-electron chi connectivity index (χ0n) is 16.9. The molecule has 2 aliphatic heterocycles. The van der Waals surface area contributed by atoms with E-state index in [0.717, 1.165) is 51.6 Å². The first kappa shape index (κ1) is 20.7. The molecule has 6 atom stereocenters. The van der Waals surface area contributed by atoms with Crippen molar-refractivity contribution in [1.29, 1.82) is 0 Å². The van der Waals surface area contributed by atoms with E-state index in [4.69, 9.17) is 5.73 Å². The van der Waals surface area contributed by atoms with Crippen molar-refractivity contribution in [1.82, 2.24) is 9.80 Å². The van der Waals surface area contributed by atoms with E-state index in [0.29, 0.717) is 23.3 Å². The smallest absolute Gasteiger partial charge is 0.254 e. The molecule has 0 aromatic heterocycles. The van der Waals surface area contributed by atoms with Gasteiger partial charge >= 0.3 is 0 Å². The van der Waals surface area contributed by atoms with Gasteiger partial charge in [0.2, 0.25) is 5.91 Å². The van der Waals surface area contributed by atoms with Gasteiger partial charge in [-0.25, -0.2) is 0 Å². The lowest BCUT2D eigenvalue weighted by Gasteiger charge is -2.35. The number of benzene rings is 1. The Bertz CT molecular complexity index is 758. The van der Waals surface area contributed by atoms with Crippen LogP contribution in [0.25, 0.3) is 0 Å². The Hall–Kier alpha value is -1.59. The van der Waals surface area contributed by atoms with Crippen LogP contribution in [-0.4, -0.2) is 52.8 Å². The number of carbonyl (C=O) groups is 2. The second-order valence-corrected chi connectivity index (χ2v) is 9.35. The molecule has 0 bridgehead atoms. The summed E-state index contributed by atoms with van der Waals surface area (Å²) in [6.45, 7) is 1.61. The molecule has 2 saturated heterocycles. The highest BCUT2D eigenvalue weighted by atomic mass is 35.5. The summed E-state index contributed by atoms with van der Waals surface area (Å²) in [5.74, 6) is 1.68. The summed E-state index contributed by atoms with van der Waals surface area (Å²) in [6.07, 6.45) is 7.61.